The van der Waals surface area contributed by atoms with Gasteiger partial charge in [-0.25, -0.2) is 14.2 Å². The van der Waals surface area contributed by atoms with Crippen LogP contribution in [0.3, 0.4) is 0 Å². The summed E-state index contributed by atoms with van der Waals surface area (Å²) in [5.41, 5.74) is 6.67. The fourth-order valence-electron chi connectivity index (χ4n) is 8.46. The van der Waals surface area contributed by atoms with Gasteiger partial charge in [0, 0.05) is 80.6 Å². The van der Waals surface area contributed by atoms with Crippen LogP contribution in [0.4, 0.5) is 9.18 Å². The third-order valence-corrected chi connectivity index (χ3v) is 16.5. The summed E-state index contributed by atoms with van der Waals surface area (Å²) in [5.74, 6) is -3.11. The summed E-state index contributed by atoms with van der Waals surface area (Å²) in [6.45, 7) is 11.6. The Morgan fingerprint density at radius 2 is 1.75 bits per heavy atom. The lowest BCUT2D eigenvalue weighted by atomic mass is 9.83. The zero-order valence-corrected chi connectivity index (χ0v) is 46.9. The van der Waals surface area contributed by atoms with E-state index in [0.29, 0.717) is 22.7 Å². The first-order valence-electron chi connectivity index (χ1n) is 24.9. The van der Waals surface area contributed by atoms with E-state index in [1.807, 2.05) is 34.7 Å². The number of benzene rings is 1. The number of carbonyl (C=O) groups is 8. The van der Waals surface area contributed by atoms with Crippen molar-refractivity contribution in [2.24, 2.45) is 34.2 Å². The molecule has 2 heterocycles. The molecule has 5 N–H and O–H groups in total. The molecule has 1 aromatic heterocycles. The lowest BCUT2D eigenvalue weighted by Gasteiger charge is -2.37. The van der Waals surface area contributed by atoms with E-state index in [1.165, 1.54) is 40.6 Å². The summed E-state index contributed by atoms with van der Waals surface area (Å²) < 4.78 is 28.5. The molecular formula is C50H76FN8O10PS3. The van der Waals surface area contributed by atoms with Gasteiger partial charge in [0.1, 0.15) is 29.7 Å². The predicted octanol–water partition coefficient (Wildman–Crippen LogP) is 6.64. The Hall–Kier alpha value is -4.34. The number of ether oxygens (including phenoxy) is 2. The zero-order chi connectivity index (χ0) is 54.2. The monoisotopic (exact) mass is 1090 g/mol. The second-order valence-electron chi connectivity index (χ2n) is 19.0. The van der Waals surface area contributed by atoms with Gasteiger partial charge in [0.15, 0.2) is 23.5 Å². The number of alkyl carbamates (subject to hydrolysis) is 1. The molecule has 2 aromatic rings. The van der Waals surface area contributed by atoms with Crippen molar-refractivity contribution in [3.63, 3.8) is 0 Å². The number of likely N-dealkylation sites (N-methyl/N-ethyl adjacent to an activating group) is 1. The number of nitrogens with two attached hydrogens (primary N) is 1. The SMILES string of the molecule is CCC(C)[C@H](CC(=O)[C@H]1CCCCN1C)C(=O)N(C)[C@H](C[C@@H](OC(C)=O)c1nc(C(=O)N[C@@H](Cc2ccc(F)cc2)C[C@H](C)C(=O)CNC(=O)OCCSSC[C@H](N)C(=O)NCCC(=O)CN=P)cs1)C(C)C. The number of aromatic nitrogens is 1. The third-order valence-electron chi connectivity index (χ3n) is 13.0. The minimum Gasteiger partial charge on any atom is -0.455 e. The summed E-state index contributed by atoms with van der Waals surface area (Å²) in [6, 6.07) is 3.73. The summed E-state index contributed by atoms with van der Waals surface area (Å²) in [5, 5.41) is 9.97. The van der Waals surface area contributed by atoms with Crippen molar-refractivity contribution in [3.05, 3.63) is 51.7 Å². The lowest BCUT2D eigenvalue weighted by molar-refractivity contribution is -0.149. The molecule has 0 radical (unpaired) electrons. The van der Waals surface area contributed by atoms with Gasteiger partial charge in [-0.3, -0.25) is 43.2 Å². The standard InChI is InChI=1S/C50H76FN8O10PS3/c1-9-31(4)38(24-43(62)41-12-10-11-19-58(41)7)49(66)59(8)42(30(2)3)25-45(69-33(6)60)48-57-40(29-71-48)47(65)56-36(23-34-13-15-35(51)16-14-34)22-32(5)44(63)27-54-50(67)68-20-21-72-73-28-39(52)46(64)53-18-17-37(61)26-55-70/h13-16,29-32,36,38-39,41-42,45,70H,9-12,17-28,52H2,1-8H3,(H,53,64)(H,54,67)(H,56,65)/t31?,32-,36+,38-,39-,41+,42+,45+/m0/s1. The van der Waals surface area contributed by atoms with Crippen molar-refractivity contribution in [2.75, 3.05) is 58.4 Å². The molecular weight excluding hydrogens is 1020 g/mol. The third kappa shape index (κ3) is 22.2. The summed E-state index contributed by atoms with van der Waals surface area (Å²) in [4.78, 5) is 112. The molecule has 1 unspecified atom stereocenters. The number of piperidine rings is 1. The van der Waals surface area contributed by atoms with Crippen molar-refractivity contribution in [2.45, 2.75) is 130 Å². The zero-order valence-electron chi connectivity index (χ0n) is 43.4. The first-order chi connectivity index (χ1) is 34.6. The number of thiazole rings is 1. The van der Waals surface area contributed by atoms with E-state index in [0.717, 1.165) is 37.1 Å². The van der Waals surface area contributed by atoms with E-state index >= 15 is 0 Å². The van der Waals surface area contributed by atoms with Crippen LogP contribution < -0.4 is 21.7 Å². The van der Waals surface area contributed by atoms with Crippen LogP contribution >= 0.6 is 42.0 Å². The van der Waals surface area contributed by atoms with Crippen molar-refractivity contribution in [3.8, 4) is 0 Å². The number of hydrogen-bond donors (Lipinski definition) is 4. The van der Waals surface area contributed by atoms with Gasteiger partial charge in [-0.05, 0) is 77.8 Å². The number of amides is 4. The minimum absolute atomic E-state index is 0.0155. The molecule has 1 aliphatic rings. The predicted molar refractivity (Wildman–Crippen MR) is 286 cm³/mol. The number of hydrogen-bond acceptors (Lipinski definition) is 17. The molecule has 1 fully saturated rings. The molecule has 406 valence electrons. The van der Waals surface area contributed by atoms with Crippen LogP contribution in [-0.4, -0.2) is 144 Å². The maximum absolute atomic E-state index is 14.4. The maximum atomic E-state index is 14.4. The highest BCUT2D eigenvalue weighted by atomic mass is 33.1. The van der Waals surface area contributed by atoms with Crippen LogP contribution in [-0.2, 0) is 44.7 Å². The van der Waals surface area contributed by atoms with E-state index in [1.54, 1.807) is 36.4 Å². The molecule has 0 spiro atoms. The first kappa shape index (κ1) is 63.0. The van der Waals surface area contributed by atoms with Gasteiger partial charge in [0.05, 0.1) is 18.6 Å². The molecule has 73 heavy (non-hydrogen) atoms. The van der Waals surface area contributed by atoms with Crippen LogP contribution in [0.2, 0.25) is 0 Å². The highest BCUT2D eigenvalue weighted by Crippen LogP contribution is 2.33. The van der Waals surface area contributed by atoms with Crippen LogP contribution in [0.1, 0.15) is 120 Å². The molecule has 1 aromatic carbocycles. The van der Waals surface area contributed by atoms with Crippen LogP contribution in [0.25, 0.3) is 0 Å². The Morgan fingerprint density at radius 1 is 1.04 bits per heavy atom. The number of esters is 1. The number of ketones is 3. The Labute approximate surface area is 443 Å². The molecule has 1 aliphatic heterocycles. The van der Waals surface area contributed by atoms with E-state index < -0.39 is 59.9 Å². The molecule has 1 saturated heterocycles. The molecule has 0 bridgehead atoms. The molecule has 4 amide bonds. The van der Waals surface area contributed by atoms with Crippen LogP contribution in [0.5, 0.6) is 0 Å². The van der Waals surface area contributed by atoms with Gasteiger partial charge in [0.25, 0.3) is 5.91 Å². The number of likely N-dealkylation sites (tertiary alicyclic amines) is 1. The van der Waals surface area contributed by atoms with Crippen LogP contribution in [0, 0.1) is 29.5 Å². The van der Waals surface area contributed by atoms with Gasteiger partial charge in [0.2, 0.25) is 11.8 Å². The largest absolute Gasteiger partial charge is 0.455 e. The fraction of sp³-hybridized carbons (Fsp3) is 0.660. The molecule has 23 heteroatoms. The smallest absolute Gasteiger partial charge is 0.407 e. The van der Waals surface area contributed by atoms with E-state index in [9.17, 15) is 42.7 Å². The Morgan fingerprint density at radius 3 is 2.40 bits per heavy atom. The number of nitrogens with zero attached hydrogens (tertiary/aromatic N) is 4. The van der Waals surface area contributed by atoms with Crippen LogP contribution in [0.15, 0.2) is 34.4 Å². The molecule has 18 nitrogen and oxygen atoms in total. The number of Topliss-reactive ketones (excluding diaryl/α,β-unsaturated/α-hetero) is 3. The summed E-state index contributed by atoms with van der Waals surface area (Å²) in [7, 11) is 9.24. The normalized spacial score (nSPS) is 16.7. The highest BCUT2D eigenvalue weighted by Gasteiger charge is 2.38. The average Bonchev–Trinajstić information content (AvgIpc) is 3.85. The quantitative estimate of drug-likeness (QED) is 0.0253. The minimum atomic E-state index is -0.906. The number of carbonyl (C=O) groups excluding carboxylic acids is 8. The summed E-state index contributed by atoms with van der Waals surface area (Å²) >= 11 is 1.13. The maximum Gasteiger partial charge on any atom is 0.407 e. The number of nitrogens with one attached hydrogen (secondary N) is 3. The second kappa shape index (κ2) is 32.9. The summed E-state index contributed by atoms with van der Waals surface area (Å²) in [6.07, 6.45) is 2.67. The number of rotatable bonds is 33. The number of halogens is 1. The first-order valence-corrected chi connectivity index (χ1v) is 28.7. The Bertz CT molecular complexity index is 2160. The van der Waals surface area contributed by atoms with Gasteiger partial charge in [-0.15, -0.1) is 11.3 Å². The van der Waals surface area contributed by atoms with Crippen molar-refractivity contribution < 1.29 is 52.2 Å². The average molecular weight is 1100 g/mol. The Balaban J connectivity index is 1.63. The topological polar surface area (TPSA) is 249 Å². The molecule has 0 aliphatic carbocycles. The molecule has 8 atom stereocenters. The van der Waals surface area contributed by atoms with Gasteiger partial charge in [-0.1, -0.05) is 81.2 Å². The molecule has 3 rings (SSSR count). The van der Waals surface area contributed by atoms with Gasteiger partial charge >= 0.3 is 12.1 Å². The second-order valence-corrected chi connectivity index (χ2v) is 22.9. The van der Waals surface area contributed by atoms with E-state index in [4.69, 9.17) is 15.2 Å². The van der Waals surface area contributed by atoms with E-state index in [-0.39, 0.29) is 117 Å². The fourth-order valence-corrected chi connectivity index (χ4v) is 11.4. The lowest BCUT2D eigenvalue weighted by Crippen LogP contribution is -2.48. The van der Waals surface area contributed by atoms with Crippen molar-refractivity contribution in [1.29, 1.82) is 0 Å². The van der Waals surface area contributed by atoms with Crippen molar-refractivity contribution in [1.82, 2.24) is 30.7 Å². The van der Waals surface area contributed by atoms with Gasteiger partial charge in [-0.2, -0.15) is 0 Å². The highest BCUT2D eigenvalue weighted by molar-refractivity contribution is 8.76. The van der Waals surface area contributed by atoms with E-state index in [2.05, 4.69) is 39.6 Å². The van der Waals surface area contributed by atoms with Gasteiger partial charge < -0.3 is 36.1 Å². The molecule has 0 saturated carbocycles. The van der Waals surface area contributed by atoms with Crippen molar-refractivity contribution >= 4 is 89.1 Å². The Kier molecular flexibility index (Phi) is 28.3.